The van der Waals surface area contributed by atoms with E-state index in [2.05, 4.69) is 16.3 Å². The zero-order chi connectivity index (χ0) is 32.3. The van der Waals surface area contributed by atoms with E-state index in [9.17, 15) is 19.5 Å². The molecule has 0 spiro atoms. The number of benzene rings is 2. The van der Waals surface area contributed by atoms with Crippen molar-refractivity contribution >= 4 is 36.1 Å². The van der Waals surface area contributed by atoms with E-state index in [1.54, 1.807) is 9.80 Å². The summed E-state index contributed by atoms with van der Waals surface area (Å²) in [6.07, 6.45) is 3.60. The number of phenolic OH excluding ortho intramolecular Hbond substituents is 1. The Kier molecular flexibility index (Phi) is 11.2. The fourth-order valence-corrected chi connectivity index (χ4v) is 7.63. The number of hydrogen-bond donors (Lipinski definition) is 2. The number of aromatic hydroxyl groups is 1. The minimum atomic E-state index is -0.996. The van der Waals surface area contributed by atoms with Crippen LogP contribution in [0.1, 0.15) is 54.4 Å². The van der Waals surface area contributed by atoms with Crippen LogP contribution in [0.25, 0.3) is 0 Å². The topological polar surface area (TPSA) is 115 Å². The summed E-state index contributed by atoms with van der Waals surface area (Å²) in [7, 11) is 0. The molecule has 0 radical (unpaired) electrons. The van der Waals surface area contributed by atoms with Crippen molar-refractivity contribution in [2.24, 2.45) is 0 Å². The van der Waals surface area contributed by atoms with Gasteiger partial charge in [-0.25, -0.2) is 9.59 Å². The molecular formula is C35H48ClN5O6. The maximum atomic E-state index is 14.2. The lowest BCUT2D eigenvalue weighted by molar-refractivity contribution is -0.149. The molecule has 2 N–H and O–H groups in total. The van der Waals surface area contributed by atoms with Crippen LogP contribution in [0.4, 0.5) is 15.3 Å². The zero-order valence-corrected chi connectivity index (χ0v) is 28.4. The van der Waals surface area contributed by atoms with Crippen molar-refractivity contribution in [2.45, 2.75) is 70.6 Å². The third kappa shape index (κ3) is 7.47. The van der Waals surface area contributed by atoms with Crippen molar-refractivity contribution in [3.63, 3.8) is 0 Å². The van der Waals surface area contributed by atoms with Gasteiger partial charge in [0.05, 0.1) is 13.2 Å². The molecule has 3 saturated heterocycles. The molecule has 0 bridgehead atoms. The highest BCUT2D eigenvalue weighted by Gasteiger charge is 2.49. The molecular weight excluding hydrogens is 622 g/mol. The van der Waals surface area contributed by atoms with Crippen molar-refractivity contribution in [1.82, 2.24) is 19.6 Å². The highest BCUT2D eigenvalue weighted by molar-refractivity contribution is 5.91. The van der Waals surface area contributed by atoms with Gasteiger partial charge in [-0.15, -0.1) is 12.4 Å². The van der Waals surface area contributed by atoms with E-state index in [-0.39, 0.29) is 36.5 Å². The first-order valence-electron chi connectivity index (χ1n) is 16.8. The Balaban J connectivity index is 0.00000433. The number of carbonyl (C=O) groups is 3. The second kappa shape index (κ2) is 15.1. The summed E-state index contributed by atoms with van der Waals surface area (Å²) in [5.41, 5.74) is 3.65. The normalized spacial score (nSPS) is 20.7. The van der Waals surface area contributed by atoms with E-state index in [1.165, 1.54) is 0 Å². The number of morpholine rings is 1. The number of likely N-dealkylation sites (tertiary alicyclic amines) is 2. The van der Waals surface area contributed by atoms with E-state index in [0.717, 1.165) is 53.6 Å². The molecule has 3 fully saturated rings. The molecule has 4 aliphatic rings. The number of ether oxygens (including phenoxy) is 2. The van der Waals surface area contributed by atoms with Gasteiger partial charge in [0, 0.05) is 70.8 Å². The number of anilines is 1. The largest absolute Gasteiger partial charge is 0.507 e. The molecule has 4 amide bonds. The molecule has 0 aromatic heterocycles. The highest BCUT2D eigenvalue weighted by atomic mass is 35.5. The van der Waals surface area contributed by atoms with E-state index in [1.807, 2.05) is 49.1 Å². The van der Waals surface area contributed by atoms with E-state index < -0.39 is 17.9 Å². The number of piperidine rings is 2. The van der Waals surface area contributed by atoms with Crippen LogP contribution in [0.5, 0.6) is 5.75 Å². The zero-order valence-electron chi connectivity index (χ0n) is 27.5. The molecule has 4 aliphatic heterocycles. The predicted octanol–water partition coefficient (Wildman–Crippen LogP) is 4.71. The number of rotatable bonds is 6. The summed E-state index contributed by atoms with van der Waals surface area (Å²) in [5, 5.41) is 13.5. The maximum absolute atomic E-state index is 14.2. The number of para-hydroxylation sites is 1. The Morgan fingerprint density at radius 2 is 1.60 bits per heavy atom. The van der Waals surface area contributed by atoms with Gasteiger partial charge in [0.1, 0.15) is 11.4 Å². The molecule has 2 aromatic rings. The van der Waals surface area contributed by atoms with Crippen molar-refractivity contribution < 1.29 is 29.0 Å². The Labute approximate surface area is 283 Å². The molecule has 2 aromatic carbocycles. The average Bonchev–Trinajstić information content (AvgIpc) is 3.25. The Hall–Kier alpha value is -3.54. The first kappa shape index (κ1) is 34.8. The molecule has 256 valence electrons. The van der Waals surface area contributed by atoms with Crippen molar-refractivity contribution in [3.8, 4) is 5.75 Å². The van der Waals surface area contributed by atoms with Crippen molar-refractivity contribution in [2.75, 3.05) is 64.3 Å². The van der Waals surface area contributed by atoms with Crippen LogP contribution in [0.15, 0.2) is 36.4 Å². The molecule has 4 heterocycles. The van der Waals surface area contributed by atoms with Gasteiger partial charge < -0.3 is 34.6 Å². The van der Waals surface area contributed by atoms with Crippen LogP contribution in [0.3, 0.4) is 0 Å². The summed E-state index contributed by atoms with van der Waals surface area (Å²) >= 11 is 0. The number of halogens is 1. The molecule has 0 aliphatic carbocycles. The first-order valence-corrected chi connectivity index (χ1v) is 16.8. The number of fused-ring (bicyclic) bond motifs is 1. The second-order valence-corrected chi connectivity index (χ2v) is 13.1. The third-order valence-electron chi connectivity index (χ3n) is 10.2. The lowest BCUT2D eigenvalue weighted by Gasteiger charge is -2.55. The molecule has 0 saturated carbocycles. The van der Waals surface area contributed by atoms with Crippen molar-refractivity contribution in [3.05, 3.63) is 58.7 Å². The monoisotopic (exact) mass is 669 g/mol. The number of aryl methyl sites for hydroxylation is 2. The smallest absolute Gasteiger partial charge is 0.410 e. The fourth-order valence-electron chi connectivity index (χ4n) is 7.63. The molecule has 11 nitrogen and oxygen atoms in total. The number of urea groups is 1. The van der Waals surface area contributed by atoms with Crippen LogP contribution < -0.4 is 5.32 Å². The summed E-state index contributed by atoms with van der Waals surface area (Å²) in [4.78, 5) is 49.2. The number of carbonyl (C=O) groups excluding carboxylic acids is 3. The van der Waals surface area contributed by atoms with Crippen molar-refractivity contribution in [1.29, 1.82) is 0 Å². The first-order chi connectivity index (χ1) is 22.2. The quantitative estimate of drug-likeness (QED) is 0.458. The maximum Gasteiger partial charge on any atom is 0.410 e. The van der Waals surface area contributed by atoms with Crippen LogP contribution in [0.2, 0.25) is 0 Å². The number of nitrogens with one attached hydrogen (secondary N) is 1. The molecule has 1 atom stereocenters. The van der Waals surface area contributed by atoms with Gasteiger partial charge in [-0.3, -0.25) is 9.69 Å². The van der Waals surface area contributed by atoms with Crippen LogP contribution in [-0.2, 0) is 27.1 Å². The van der Waals surface area contributed by atoms with E-state index in [4.69, 9.17) is 9.47 Å². The summed E-state index contributed by atoms with van der Waals surface area (Å²) in [5.74, 6) is 0.00473. The lowest BCUT2D eigenvalue weighted by Crippen LogP contribution is -2.69. The minimum absolute atomic E-state index is 0. The fraction of sp³-hybridized carbons (Fsp3) is 0.571. The average molecular weight is 670 g/mol. The minimum Gasteiger partial charge on any atom is -0.507 e. The number of hydrogen-bond acceptors (Lipinski definition) is 7. The predicted molar refractivity (Wildman–Crippen MR) is 181 cm³/mol. The standard InChI is InChI=1S/C35H47N5O6.ClH/c1-25-22-27(23-26(2)31(25)41)24-30(46-34(44)38-13-6-3-7-14-38)32(42)37-16-11-35(12-17-37,39-18-20-45-21-19-39)40-15-10-28-8-4-5-9-29(28)36-33(40)43;/h4-5,8-9,22-23,30,41H,3,6-7,10-21,24H2,1-2H3,(H,36,43);1H/t30-;/m1./s1. The van der Waals surface area contributed by atoms with Gasteiger partial charge in [0.15, 0.2) is 6.10 Å². The summed E-state index contributed by atoms with van der Waals surface area (Å²) < 4.78 is 11.7. The van der Waals surface area contributed by atoms with Gasteiger partial charge in [-0.1, -0.05) is 30.3 Å². The Bertz CT molecular complexity index is 1410. The highest BCUT2D eigenvalue weighted by Crippen LogP contribution is 2.36. The van der Waals surface area contributed by atoms with Crippen LogP contribution in [0, 0.1) is 13.8 Å². The third-order valence-corrected chi connectivity index (χ3v) is 10.2. The SMILES string of the molecule is Cc1cc(C[C@@H](OC(=O)N2CCCCC2)C(=O)N2CCC(N3CCOCC3)(N3CCc4ccccc4NC3=O)CC2)cc(C)c1O.Cl. The van der Waals surface area contributed by atoms with Gasteiger partial charge in [-0.05, 0) is 67.9 Å². The number of amides is 4. The van der Waals surface area contributed by atoms with E-state index in [0.29, 0.717) is 71.9 Å². The van der Waals surface area contributed by atoms with E-state index >= 15 is 0 Å². The number of phenols is 1. The molecule has 47 heavy (non-hydrogen) atoms. The second-order valence-electron chi connectivity index (χ2n) is 13.1. The Morgan fingerprint density at radius 3 is 2.28 bits per heavy atom. The Morgan fingerprint density at radius 1 is 0.936 bits per heavy atom. The van der Waals surface area contributed by atoms with Crippen LogP contribution >= 0.6 is 12.4 Å². The molecule has 12 heteroatoms. The van der Waals surface area contributed by atoms with Gasteiger partial charge >= 0.3 is 12.1 Å². The molecule has 6 rings (SSSR count). The van der Waals surface area contributed by atoms with Gasteiger partial charge in [0.2, 0.25) is 0 Å². The molecule has 0 unspecified atom stereocenters. The number of nitrogens with zero attached hydrogens (tertiary/aromatic N) is 4. The summed E-state index contributed by atoms with van der Waals surface area (Å²) in [6.45, 7) is 8.96. The lowest BCUT2D eigenvalue weighted by atomic mass is 9.91. The van der Waals surface area contributed by atoms with Crippen LogP contribution in [-0.4, -0.2) is 114 Å². The van der Waals surface area contributed by atoms with Gasteiger partial charge in [-0.2, -0.15) is 0 Å². The van der Waals surface area contributed by atoms with Gasteiger partial charge in [0.25, 0.3) is 5.91 Å². The summed E-state index contributed by atoms with van der Waals surface area (Å²) in [6, 6.07) is 11.5.